The number of hydrogen-bond acceptors (Lipinski definition) is 3. The molecule has 1 aliphatic carbocycles. The molecule has 4 heteroatoms. The summed E-state index contributed by atoms with van der Waals surface area (Å²) >= 11 is 0. The molecular formula is C13H18FNO2. The number of benzene rings is 1. The van der Waals surface area contributed by atoms with Gasteiger partial charge in [0.15, 0.2) is 11.6 Å². The van der Waals surface area contributed by atoms with Gasteiger partial charge in [0.1, 0.15) is 6.10 Å². The van der Waals surface area contributed by atoms with E-state index in [-0.39, 0.29) is 18.4 Å². The molecule has 3 N–H and O–H groups in total. The third-order valence-electron chi connectivity index (χ3n) is 3.21. The highest BCUT2D eigenvalue weighted by Crippen LogP contribution is 2.28. The number of aliphatic hydroxyl groups is 1. The molecule has 2 unspecified atom stereocenters. The second-order valence-corrected chi connectivity index (χ2v) is 4.44. The molecule has 0 spiro atoms. The molecule has 0 heterocycles. The summed E-state index contributed by atoms with van der Waals surface area (Å²) in [5, 5.41) is 9.81. The smallest absolute Gasteiger partial charge is 0.165 e. The Kier molecular flexibility index (Phi) is 3.97. The van der Waals surface area contributed by atoms with E-state index in [0.29, 0.717) is 5.56 Å². The average Bonchev–Trinajstić information content (AvgIpc) is 2.34. The quantitative estimate of drug-likeness (QED) is 0.847. The summed E-state index contributed by atoms with van der Waals surface area (Å²) in [5.41, 5.74) is 6.19. The van der Waals surface area contributed by atoms with Crippen molar-refractivity contribution >= 4 is 0 Å². The van der Waals surface area contributed by atoms with E-state index in [1.165, 1.54) is 6.07 Å². The monoisotopic (exact) mass is 239 g/mol. The lowest BCUT2D eigenvalue weighted by Crippen LogP contribution is -2.35. The molecule has 0 aromatic heterocycles. The zero-order chi connectivity index (χ0) is 12.3. The Morgan fingerprint density at radius 1 is 1.35 bits per heavy atom. The van der Waals surface area contributed by atoms with Gasteiger partial charge < -0.3 is 15.6 Å². The molecular weight excluding hydrogens is 221 g/mol. The largest absolute Gasteiger partial charge is 0.484 e. The van der Waals surface area contributed by atoms with Gasteiger partial charge in [0.05, 0.1) is 6.10 Å². The molecule has 0 bridgehead atoms. The van der Waals surface area contributed by atoms with Gasteiger partial charge in [-0.1, -0.05) is 18.6 Å². The third-order valence-corrected chi connectivity index (χ3v) is 3.21. The molecule has 0 radical (unpaired) electrons. The minimum absolute atomic E-state index is 0.195. The second-order valence-electron chi connectivity index (χ2n) is 4.44. The lowest BCUT2D eigenvalue weighted by molar-refractivity contribution is 0.00450. The molecule has 1 saturated carbocycles. The van der Waals surface area contributed by atoms with Crippen LogP contribution in [0.15, 0.2) is 18.2 Å². The number of aliphatic hydroxyl groups excluding tert-OH is 1. The minimum atomic E-state index is -0.506. The van der Waals surface area contributed by atoms with Gasteiger partial charge in [0.2, 0.25) is 0 Å². The number of para-hydroxylation sites is 1. The van der Waals surface area contributed by atoms with Gasteiger partial charge in [-0.2, -0.15) is 0 Å². The Bertz CT molecular complexity index is 384. The Hall–Kier alpha value is -1.13. The summed E-state index contributed by atoms with van der Waals surface area (Å²) in [6.07, 6.45) is 2.67. The molecule has 2 rings (SSSR count). The van der Waals surface area contributed by atoms with Crippen LogP contribution in [0.3, 0.4) is 0 Å². The predicted octanol–water partition coefficient (Wildman–Crippen LogP) is 1.97. The Morgan fingerprint density at radius 2 is 2.12 bits per heavy atom. The zero-order valence-corrected chi connectivity index (χ0v) is 9.73. The third kappa shape index (κ3) is 2.76. The van der Waals surface area contributed by atoms with Gasteiger partial charge in [-0.05, 0) is 25.3 Å². The van der Waals surface area contributed by atoms with Crippen LogP contribution in [0, 0.1) is 5.82 Å². The van der Waals surface area contributed by atoms with Crippen LogP contribution in [-0.2, 0) is 6.54 Å². The molecule has 94 valence electrons. The van der Waals surface area contributed by atoms with E-state index in [4.69, 9.17) is 10.5 Å². The molecule has 2 atom stereocenters. The van der Waals surface area contributed by atoms with Crippen LogP contribution in [0.4, 0.5) is 4.39 Å². The lowest BCUT2D eigenvalue weighted by atomic mass is 9.95. The van der Waals surface area contributed by atoms with Crippen molar-refractivity contribution in [3.63, 3.8) is 0 Å². The molecule has 0 amide bonds. The summed E-state index contributed by atoms with van der Waals surface area (Å²) < 4.78 is 19.3. The van der Waals surface area contributed by atoms with E-state index < -0.39 is 11.9 Å². The van der Waals surface area contributed by atoms with E-state index in [1.54, 1.807) is 12.1 Å². The maximum atomic E-state index is 13.7. The van der Waals surface area contributed by atoms with Crippen molar-refractivity contribution in [1.29, 1.82) is 0 Å². The summed E-state index contributed by atoms with van der Waals surface area (Å²) in [4.78, 5) is 0. The van der Waals surface area contributed by atoms with Crippen LogP contribution in [0.5, 0.6) is 5.75 Å². The van der Waals surface area contributed by atoms with Gasteiger partial charge in [-0.25, -0.2) is 4.39 Å². The normalized spacial score (nSPS) is 24.6. The number of halogens is 1. The fourth-order valence-corrected chi connectivity index (χ4v) is 2.21. The van der Waals surface area contributed by atoms with Gasteiger partial charge in [-0.15, -0.1) is 0 Å². The number of ether oxygens (including phenoxy) is 1. The molecule has 1 aromatic rings. The fraction of sp³-hybridized carbons (Fsp3) is 0.538. The van der Waals surface area contributed by atoms with E-state index in [0.717, 1.165) is 25.7 Å². The SMILES string of the molecule is NCc1cccc(F)c1OC1CCCCC1O. The first-order valence-corrected chi connectivity index (χ1v) is 6.04. The van der Waals surface area contributed by atoms with Gasteiger partial charge in [0, 0.05) is 12.1 Å². The molecule has 17 heavy (non-hydrogen) atoms. The van der Waals surface area contributed by atoms with E-state index in [1.807, 2.05) is 0 Å². The highest BCUT2D eigenvalue weighted by atomic mass is 19.1. The van der Waals surface area contributed by atoms with Gasteiger partial charge >= 0.3 is 0 Å². The van der Waals surface area contributed by atoms with E-state index in [9.17, 15) is 9.50 Å². The van der Waals surface area contributed by atoms with Crippen molar-refractivity contribution in [2.45, 2.75) is 44.4 Å². The minimum Gasteiger partial charge on any atom is -0.484 e. The first-order chi connectivity index (χ1) is 8.22. The van der Waals surface area contributed by atoms with Crippen LogP contribution in [0.25, 0.3) is 0 Å². The number of rotatable bonds is 3. The Morgan fingerprint density at radius 3 is 2.82 bits per heavy atom. The summed E-state index contributed by atoms with van der Waals surface area (Å²) in [7, 11) is 0. The van der Waals surface area contributed by atoms with Crippen LogP contribution in [0.2, 0.25) is 0 Å². The van der Waals surface area contributed by atoms with Crippen LogP contribution in [-0.4, -0.2) is 17.3 Å². The highest BCUT2D eigenvalue weighted by molar-refractivity contribution is 5.35. The van der Waals surface area contributed by atoms with Gasteiger partial charge in [0.25, 0.3) is 0 Å². The molecule has 1 fully saturated rings. The molecule has 3 nitrogen and oxygen atoms in total. The molecule has 0 aliphatic heterocycles. The fourth-order valence-electron chi connectivity index (χ4n) is 2.21. The summed E-state index contributed by atoms with van der Waals surface area (Å²) in [6.45, 7) is 0.232. The number of hydrogen-bond donors (Lipinski definition) is 2. The highest BCUT2D eigenvalue weighted by Gasteiger charge is 2.26. The Labute approximate surface area is 100 Å². The maximum Gasteiger partial charge on any atom is 0.165 e. The van der Waals surface area contributed by atoms with Crippen molar-refractivity contribution in [2.24, 2.45) is 5.73 Å². The van der Waals surface area contributed by atoms with Crippen LogP contribution >= 0.6 is 0 Å². The van der Waals surface area contributed by atoms with Gasteiger partial charge in [-0.3, -0.25) is 0 Å². The summed E-state index contributed by atoms with van der Waals surface area (Å²) in [5.74, 6) is -0.216. The second kappa shape index (κ2) is 5.47. The van der Waals surface area contributed by atoms with E-state index in [2.05, 4.69) is 0 Å². The average molecular weight is 239 g/mol. The van der Waals surface area contributed by atoms with Crippen molar-refractivity contribution in [3.05, 3.63) is 29.6 Å². The predicted molar refractivity (Wildman–Crippen MR) is 63.2 cm³/mol. The molecule has 0 saturated heterocycles. The molecule has 1 aliphatic rings. The Balaban J connectivity index is 2.16. The van der Waals surface area contributed by atoms with E-state index >= 15 is 0 Å². The first kappa shape index (κ1) is 12.3. The lowest BCUT2D eigenvalue weighted by Gasteiger charge is -2.29. The van der Waals surface area contributed by atoms with Crippen LogP contribution in [0.1, 0.15) is 31.2 Å². The number of nitrogens with two attached hydrogens (primary N) is 1. The van der Waals surface area contributed by atoms with Crippen molar-refractivity contribution in [3.8, 4) is 5.75 Å². The maximum absolute atomic E-state index is 13.7. The topological polar surface area (TPSA) is 55.5 Å². The zero-order valence-electron chi connectivity index (χ0n) is 9.73. The molecule has 1 aromatic carbocycles. The first-order valence-electron chi connectivity index (χ1n) is 6.04. The van der Waals surface area contributed by atoms with Crippen molar-refractivity contribution in [2.75, 3.05) is 0 Å². The summed E-state index contributed by atoms with van der Waals surface area (Å²) in [6, 6.07) is 4.71. The van der Waals surface area contributed by atoms with Crippen molar-refractivity contribution in [1.82, 2.24) is 0 Å². The van der Waals surface area contributed by atoms with Crippen molar-refractivity contribution < 1.29 is 14.2 Å². The standard InChI is InChI=1S/C13H18FNO2/c14-10-5-3-4-9(8-15)13(10)17-12-7-2-1-6-11(12)16/h3-5,11-12,16H,1-2,6-8,15H2. The van der Waals surface area contributed by atoms with Crippen LogP contribution < -0.4 is 10.5 Å².